The Balaban J connectivity index is 1.46. The van der Waals surface area contributed by atoms with Crippen molar-refractivity contribution >= 4 is 11.8 Å². The van der Waals surface area contributed by atoms with Crippen LogP contribution in [0, 0.1) is 12.8 Å². The molecule has 1 aromatic heterocycles. The first-order chi connectivity index (χ1) is 11.7. The number of rotatable bonds is 3. The molecule has 6 heteroatoms. The summed E-state index contributed by atoms with van der Waals surface area (Å²) in [6.45, 7) is 5.52. The highest BCUT2D eigenvalue weighted by Crippen LogP contribution is 2.19. The predicted octanol–water partition coefficient (Wildman–Crippen LogP) is 1.77. The van der Waals surface area contributed by atoms with Crippen LogP contribution in [0.5, 0.6) is 0 Å². The van der Waals surface area contributed by atoms with Gasteiger partial charge in [0.25, 0.3) is 0 Å². The largest absolute Gasteiger partial charge is 0.396 e. The molecule has 3 rings (SSSR count). The van der Waals surface area contributed by atoms with Gasteiger partial charge in [-0.2, -0.15) is 0 Å². The molecule has 1 unspecified atom stereocenters. The molecular formula is C18H28N4O2. The molecule has 1 aromatic rings. The number of aromatic nitrogens is 1. The molecule has 0 bridgehead atoms. The van der Waals surface area contributed by atoms with E-state index in [0.717, 1.165) is 51.1 Å². The number of aliphatic hydroxyl groups excluding tert-OH is 1. The van der Waals surface area contributed by atoms with E-state index in [9.17, 15) is 9.90 Å². The zero-order chi connectivity index (χ0) is 16.9. The van der Waals surface area contributed by atoms with Crippen LogP contribution in [0.2, 0.25) is 0 Å². The van der Waals surface area contributed by atoms with Gasteiger partial charge >= 0.3 is 6.03 Å². The normalized spacial score (nSPS) is 22.5. The van der Waals surface area contributed by atoms with Crippen molar-refractivity contribution in [2.24, 2.45) is 5.92 Å². The molecule has 2 amide bonds. The molecule has 0 aromatic carbocycles. The van der Waals surface area contributed by atoms with Gasteiger partial charge in [-0.1, -0.05) is 6.07 Å². The standard InChI is InChI=1S/C18H28N4O2/c1-14-4-5-17(19-11-14)21-9-6-16(7-10-21)20-18(24)22-8-2-3-15(12-22)13-23/h4-5,11,15-16,23H,2-3,6-10,12-13H2,1H3,(H,20,24). The van der Waals surface area contributed by atoms with Gasteiger partial charge in [-0.15, -0.1) is 0 Å². The van der Waals surface area contributed by atoms with E-state index in [4.69, 9.17) is 0 Å². The molecule has 2 aliphatic heterocycles. The average Bonchev–Trinajstić information content (AvgIpc) is 2.63. The van der Waals surface area contributed by atoms with Crippen LogP contribution < -0.4 is 10.2 Å². The minimum Gasteiger partial charge on any atom is -0.396 e. The molecular weight excluding hydrogens is 304 g/mol. The topological polar surface area (TPSA) is 68.7 Å². The summed E-state index contributed by atoms with van der Waals surface area (Å²) in [4.78, 5) is 21.1. The van der Waals surface area contributed by atoms with E-state index in [1.165, 1.54) is 5.56 Å². The number of carbonyl (C=O) groups is 1. The molecule has 0 aliphatic carbocycles. The van der Waals surface area contributed by atoms with E-state index >= 15 is 0 Å². The Morgan fingerprint density at radius 2 is 2.08 bits per heavy atom. The smallest absolute Gasteiger partial charge is 0.317 e. The van der Waals surface area contributed by atoms with Crippen molar-refractivity contribution in [1.82, 2.24) is 15.2 Å². The number of aliphatic hydroxyl groups is 1. The van der Waals surface area contributed by atoms with Crippen molar-refractivity contribution < 1.29 is 9.90 Å². The molecule has 2 N–H and O–H groups in total. The molecule has 0 spiro atoms. The Morgan fingerprint density at radius 3 is 2.75 bits per heavy atom. The highest BCUT2D eigenvalue weighted by molar-refractivity contribution is 5.74. The maximum atomic E-state index is 12.4. The Hall–Kier alpha value is -1.82. The lowest BCUT2D eigenvalue weighted by Gasteiger charge is -2.36. The van der Waals surface area contributed by atoms with Gasteiger partial charge in [0, 0.05) is 45.0 Å². The van der Waals surface area contributed by atoms with Gasteiger partial charge in [0.2, 0.25) is 0 Å². The van der Waals surface area contributed by atoms with Gasteiger partial charge in [0.1, 0.15) is 5.82 Å². The first kappa shape index (κ1) is 17.0. The molecule has 2 fully saturated rings. The van der Waals surface area contributed by atoms with Crippen molar-refractivity contribution in [3.05, 3.63) is 23.9 Å². The van der Waals surface area contributed by atoms with Crippen LogP contribution >= 0.6 is 0 Å². The van der Waals surface area contributed by atoms with Crippen molar-refractivity contribution in [2.75, 3.05) is 37.7 Å². The van der Waals surface area contributed by atoms with Gasteiger partial charge in [-0.3, -0.25) is 0 Å². The van der Waals surface area contributed by atoms with E-state index in [1.807, 2.05) is 18.0 Å². The molecule has 132 valence electrons. The van der Waals surface area contributed by atoms with E-state index in [-0.39, 0.29) is 24.6 Å². The first-order valence-electron chi connectivity index (χ1n) is 8.99. The Morgan fingerprint density at radius 1 is 1.29 bits per heavy atom. The Labute approximate surface area is 143 Å². The van der Waals surface area contributed by atoms with E-state index in [1.54, 1.807) is 0 Å². The van der Waals surface area contributed by atoms with Crippen LogP contribution in [-0.2, 0) is 0 Å². The summed E-state index contributed by atoms with van der Waals surface area (Å²) in [6.07, 6.45) is 5.78. The molecule has 2 aliphatic rings. The SMILES string of the molecule is Cc1ccc(N2CCC(NC(=O)N3CCCC(CO)C3)CC2)nc1. The fourth-order valence-corrected chi connectivity index (χ4v) is 3.56. The lowest BCUT2D eigenvalue weighted by atomic mass is 9.99. The maximum Gasteiger partial charge on any atom is 0.317 e. The fraction of sp³-hybridized carbons (Fsp3) is 0.667. The summed E-state index contributed by atoms with van der Waals surface area (Å²) in [7, 11) is 0. The maximum absolute atomic E-state index is 12.4. The number of piperidine rings is 2. The molecule has 6 nitrogen and oxygen atoms in total. The quantitative estimate of drug-likeness (QED) is 0.885. The fourth-order valence-electron chi connectivity index (χ4n) is 3.56. The molecule has 0 saturated carbocycles. The summed E-state index contributed by atoms with van der Waals surface area (Å²) in [5.41, 5.74) is 1.17. The van der Waals surface area contributed by atoms with Gasteiger partial charge in [0.15, 0.2) is 0 Å². The van der Waals surface area contributed by atoms with Crippen molar-refractivity contribution in [3.8, 4) is 0 Å². The first-order valence-corrected chi connectivity index (χ1v) is 8.99. The van der Waals surface area contributed by atoms with Crippen LogP contribution in [0.4, 0.5) is 10.6 Å². The van der Waals surface area contributed by atoms with E-state index < -0.39 is 0 Å². The minimum atomic E-state index is 0.0278. The number of carbonyl (C=O) groups excluding carboxylic acids is 1. The number of amides is 2. The molecule has 3 heterocycles. The number of nitrogens with one attached hydrogen (secondary N) is 1. The zero-order valence-electron chi connectivity index (χ0n) is 14.4. The molecule has 2 saturated heterocycles. The number of anilines is 1. The summed E-state index contributed by atoms with van der Waals surface area (Å²) >= 11 is 0. The number of hydrogen-bond acceptors (Lipinski definition) is 4. The number of hydrogen-bond donors (Lipinski definition) is 2. The van der Waals surface area contributed by atoms with Gasteiger partial charge in [-0.25, -0.2) is 9.78 Å². The van der Waals surface area contributed by atoms with Crippen molar-refractivity contribution in [3.63, 3.8) is 0 Å². The average molecular weight is 332 g/mol. The zero-order valence-corrected chi connectivity index (χ0v) is 14.4. The summed E-state index contributed by atoms with van der Waals surface area (Å²) in [5.74, 6) is 1.26. The van der Waals surface area contributed by atoms with E-state index in [2.05, 4.69) is 27.3 Å². The summed E-state index contributed by atoms with van der Waals surface area (Å²) in [5, 5.41) is 12.5. The number of likely N-dealkylation sites (tertiary alicyclic amines) is 1. The Bertz CT molecular complexity index is 540. The second-order valence-corrected chi connectivity index (χ2v) is 7.04. The second-order valence-electron chi connectivity index (χ2n) is 7.04. The third-order valence-electron chi connectivity index (χ3n) is 5.11. The predicted molar refractivity (Wildman–Crippen MR) is 94.1 cm³/mol. The van der Waals surface area contributed by atoms with Crippen LogP contribution in [-0.4, -0.2) is 59.8 Å². The van der Waals surface area contributed by atoms with E-state index in [0.29, 0.717) is 6.54 Å². The van der Waals surface area contributed by atoms with Gasteiger partial charge < -0.3 is 20.2 Å². The summed E-state index contributed by atoms with van der Waals surface area (Å²) in [6, 6.07) is 4.41. The molecule has 24 heavy (non-hydrogen) atoms. The second kappa shape index (κ2) is 7.83. The van der Waals surface area contributed by atoms with Gasteiger partial charge in [0.05, 0.1) is 0 Å². The van der Waals surface area contributed by atoms with Crippen LogP contribution in [0.25, 0.3) is 0 Å². The third-order valence-corrected chi connectivity index (χ3v) is 5.11. The third kappa shape index (κ3) is 4.17. The van der Waals surface area contributed by atoms with Gasteiger partial charge in [-0.05, 0) is 50.2 Å². The molecule has 1 atom stereocenters. The Kier molecular flexibility index (Phi) is 5.56. The lowest BCUT2D eigenvalue weighted by molar-refractivity contribution is 0.127. The number of nitrogens with zero attached hydrogens (tertiary/aromatic N) is 3. The number of urea groups is 1. The van der Waals surface area contributed by atoms with Crippen molar-refractivity contribution in [2.45, 2.75) is 38.6 Å². The summed E-state index contributed by atoms with van der Waals surface area (Å²) < 4.78 is 0. The number of aryl methyl sites for hydroxylation is 1. The van der Waals surface area contributed by atoms with Crippen molar-refractivity contribution in [1.29, 1.82) is 0 Å². The van der Waals surface area contributed by atoms with Crippen LogP contribution in [0.1, 0.15) is 31.2 Å². The van der Waals surface area contributed by atoms with Crippen LogP contribution in [0.3, 0.4) is 0 Å². The monoisotopic (exact) mass is 332 g/mol. The number of pyridine rings is 1. The molecule has 0 radical (unpaired) electrons. The lowest BCUT2D eigenvalue weighted by Crippen LogP contribution is -2.51. The minimum absolute atomic E-state index is 0.0278. The highest BCUT2D eigenvalue weighted by Gasteiger charge is 2.26. The van der Waals surface area contributed by atoms with Crippen LogP contribution in [0.15, 0.2) is 18.3 Å². The highest BCUT2D eigenvalue weighted by atomic mass is 16.3.